The number of benzene rings is 2. The highest BCUT2D eigenvalue weighted by Crippen LogP contribution is 2.19. The molecule has 0 amide bonds. The minimum Gasteiger partial charge on any atom is -0.399 e. The van der Waals surface area contributed by atoms with Crippen LogP contribution in [0.2, 0.25) is 0 Å². The van der Waals surface area contributed by atoms with E-state index in [0.717, 1.165) is 67.4 Å². The van der Waals surface area contributed by atoms with Crippen LogP contribution in [-0.2, 0) is 6.42 Å². The van der Waals surface area contributed by atoms with E-state index in [1.165, 1.54) is 5.56 Å². The maximum atomic E-state index is 6.54. The van der Waals surface area contributed by atoms with Gasteiger partial charge in [-0.1, -0.05) is 30.3 Å². The van der Waals surface area contributed by atoms with E-state index in [9.17, 15) is 0 Å². The Morgan fingerprint density at radius 1 is 1.13 bits per heavy atom. The average Bonchev–Trinajstić information content (AvgIpc) is 2.78. The van der Waals surface area contributed by atoms with Crippen LogP contribution in [-0.4, -0.2) is 43.6 Å². The summed E-state index contributed by atoms with van der Waals surface area (Å²) >= 11 is 0. The van der Waals surface area contributed by atoms with Crippen molar-refractivity contribution in [2.45, 2.75) is 19.8 Å². The number of hydrogen-bond donors (Lipinski definition) is 4. The van der Waals surface area contributed by atoms with E-state index in [-0.39, 0.29) is 0 Å². The molecule has 1 heterocycles. The molecule has 0 saturated carbocycles. The number of rotatable bonds is 8. The van der Waals surface area contributed by atoms with Gasteiger partial charge < -0.3 is 21.7 Å². The molecule has 2 aromatic carbocycles. The fourth-order valence-corrected chi connectivity index (χ4v) is 3.47. The molecule has 0 aliphatic carbocycles. The van der Waals surface area contributed by atoms with Gasteiger partial charge in [0.15, 0.2) is 0 Å². The molecule has 0 radical (unpaired) electrons. The molecule has 30 heavy (non-hydrogen) atoms. The van der Waals surface area contributed by atoms with E-state index in [4.69, 9.17) is 16.5 Å². The third-order valence-electron chi connectivity index (χ3n) is 5.18. The lowest BCUT2D eigenvalue weighted by atomic mass is 10.1. The van der Waals surface area contributed by atoms with E-state index in [2.05, 4.69) is 39.6 Å². The molecule has 158 valence electrons. The summed E-state index contributed by atoms with van der Waals surface area (Å²) in [5, 5.41) is 7.09. The summed E-state index contributed by atoms with van der Waals surface area (Å²) < 4.78 is 0. The van der Waals surface area contributed by atoms with Gasteiger partial charge in [-0.05, 0) is 49.1 Å². The zero-order valence-corrected chi connectivity index (χ0v) is 17.6. The van der Waals surface area contributed by atoms with Crippen LogP contribution < -0.4 is 22.2 Å². The van der Waals surface area contributed by atoms with Crippen molar-refractivity contribution < 1.29 is 0 Å². The molecule has 0 spiro atoms. The van der Waals surface area contributed by atoms with Crippen molar-refractivity contribution in [3.05, 3.63) is 76.7 Å². The quantitative estimate of drug-likeness (QED) is 0.307. The van der Waals surface area contributed by atoms with Crippen molar-refractivity contribution in [2.24, 2.45) is 21.6 Å². The standard InChI is InChI=1S/C23H31N7/c1-17-16-19(9-11-21(17)29-26-2)22(25)28-23(30-14-12-27-13-15-30)20(24)10-8-18-6-4-3-5-7-18/h3-7,9,11,16,27,29H,2,8,10,12-15,24H2,1H3,(H2,25,28)/b23-20+. The molecule has 7 heteroatoms. The maximum absolute atomic E-state index is 6.54. The molecule has 0 unspecified atom stereocenters. The first-order valence-electron chi connectivity index (χ1n) is 10.2. The first-order chi connectivity index (χ1) is 14.6. The summed E-state index contributed by atoms with van der Waals surface area (Å²) in [6, 6.07) is 16.2. The van der Waals surface area contributed by atoms with Crippen molar-refractivity contribution in [3.8, 4) is 0 Å². The second kappa shape index (κ2) is 10.5. The maximum Gasteiger partial charge on any atom is 0.150 e. The Hall–Kier alpha value is -3.32. The largest absolute Gasteiger partial charge is 0.399 e. The molecule has 7 nitrogen and oxygen atoms in total. The molecule has 6 N–H and O–H groups in total. The van der Waals surface area contributed by atoms with E-state index in [0.29, 0.717) is 5.84 Å². The number of anilines is 1. The summed E-state index contributed by atoms with van der Waals surface area (Å²) in [6.07, 6.45) is 1.60. The van der Waals surface area contributed by atoms with Gasteiger partial charge in [0, 0.05) is 38.5 Å². The lowest BCUT2D eigenvalue weighted by Gasteiger charge is -2.30. The summed E-state index contributed by atoms with van der Waals surface area (Å²) in [6.45, 7) is 8.96. The predicted molar refractivity (Wildman–Crippen MR) is 125 cm³/mol. The lowest BCUT2D eigenvalue weighted by Crippen LogP contribution is -2.43. The summed E-state index contributed by atoms with van der Waals surface area (Å²) in [5.74, 6) is 1.23. The van der Waals surface area contributed by atoms with Crippen LogP contribution in [0.4, 0.5) is 5.69 Å². The number of piperazine rings is 1. The van der Waals surface area contributed by atoms with Crippen molar-refractivity contribution in [3.63, 3.8) is 0 Å². The zero-order valence-electron chi connectivity index (χ0n) is 17.6. The monoisotopic (exact) mass is 405 g/mol. The molecule has 1 aliphatic rings. The third-order valence-corrected chi connectivity index (χ3v) is 5.18. The number of amidine groups is 1. The van der Waals surface area contributed by atoms with Gasteiger partial charge in [-0.2, -0.15) is 5.10 Å². The van der Waals surface area contributed by atoms with Crippen LogP contribution in [0.3, 0.4) is 0 Å². The highest BCUT2D eigenvalue weighted by atomic mass is 15.3. The smallest absolute Gasteiger partial charge is 0.150 e. The second-order valence-corrected chi connectivity index (χ2v) is 7.37. The third kappa shape index (κ3) is 5.61. The highest BCUT2D eigenvalue weighted by molar-refractivity contribution is 5.98. The lowest BCUT2D eigenvalue weighted by molar-refractivity contribution is 0.293. The van der Waals surface area contributed by atoms with Crippen LogP contribution in [0.25, 0.3) is 0 Å². The van der Waals surface area contributed by atoms with Gasteiger partial charge in [0.05, 0.1) is 11.4 Å². The van der Waals surface area contributed by atoms with Crippen molar-refractivity contribution >= 4 is 18.2 Å². The summed E-state index contributed by atoms with van der Waals surface area (Å²) in [4.78, 5) is 7.01. The molecule has 0 atom stereocenters. The van der Waals surface area contributed by atoms with Crippen molar-refractivity contribution in [1.82, 2.24) is 10.2 Å². The van der Waals surface area contributed by atoms with Crippen LogP contribution in [0.1, 0.15) is 23.1 Å². The Morgan fingerprint density at radius 2 is 1.87 bits per heavy atom. The SMILES string of the molecule is C=NNc1ccc(/C(N)=N/C(=C(\N)CCc2ccccc2)N2CCNCC2)cc1C. The topological polar surface area (TPSA) is 104 Å². The van der Waals surface area contributed by atoms with Gasteiger partial charge in [0.25, 0.3) is 0 Å². The zero-order chi connectivity index (χ0) is 21.3. The van der Waals surface area contributed by atoms with E-state index in [1.54, 1.807) is 0 Å². The normalized spacial score (nSPS) is 15.5. The molecule has 1 saturated heterocycles. The molecule has 1 aliphatic heterocycles. The van der Waals surface area contributed by atoms with Gasteiger partial charge in [-0.15, -0.1) is 0 Å². The Labute approximate surface area is 178 Å². The first-order valence-corrected chi connectivity index (χ1v) is 10.2. The molecule has 2 aromatic rings. The second-order valence-electron chi connectivity index (χ2n) is 7.37. The number of nitrogens with one attached hydrogen (secondary N) is 2. The number of nitrogens with zero attached hydrogens (tertiary/aromatic N) is 3. The van der Waals surface area contributed by atoms with Crippen LogP contribution in [0.15, 0.2) is 70.1 Å². The highest BCUT2D eigenvalue weighted by Gasteiger charge is 2.17. The van der Waals surface area contributed by atoms with Crippen LogP contribution in [0.5, 0.6) is 0 Å². The van der Waals surface area contributed by atoms with E-state index in [1.807, 2.05) is 43.3 Å². The number of hydrogen-bond acceptors (Lipinski definition) is 6. The Morgan fingerprint density at radius 3 is 2.53 bits per heavy atom. The minimum atomic E-state index is 0.451. The van der Waals surface area contributed by atoms with Crippen molar-refractivity contribution in [1.29, 1.82) is 0 Å². The molecule has 1 fully saturated rings. The van der Waals surface area contributed by atoms with E-state index < -0.39 is 0 Å². The van der Waals surface area contributed by atoms with Crippen LogP contribution >= 0.6 is 0 Å². The summed E-state index contributed by atoms with van der Waals surface area (Å²) in [7, 11) is 0. The number of nitrogens with two attached hydrogens (primary N) is 2. The van der Waals surface area contributed by atoms with Gasteiger partial charge >= 0.3 is 0 Å². The number of aryl methyl sites for hydroxylation is 2. The van der Waals surface area contributed by atoms with Crippen molar-refractivity contribution in [2.75, 3.05) is 31.6 Å². The Bertz CT molecular complexity index is 912. The van der Waals surface area contributed by atoms with Gasteiger partial charge in [-0.3, -0.25) is 5.43 Å². The number of allylic oxidation sites excluding steroid dienone is 1. The average molecular weight is 406 g/mol. The Balaban J connectivity index is 1.87. The molecule has 3 rings (SSSR count). The fraction of sp³-hybridized carbons (Fsp3) is 0.304. The van der Waals surface area contributed by atoms with E-state index >= 15 is 0 Å². The number of aliphatic imine (C=N–C) groups is 1. The van der Waals surface area contributed by atoms with Gasteiger partial charge in [-0.25, -0.2) is 4.99 Å². The predicted octanol–water partition coefficient (Wildman–Crippen LogP) is 2.39. The summed E-state index contributed by atoms with van der Waals surface area (Å²) in [5.41, 5.74) is 20.6. The molecule has 0 aromatic heterocycles. The van der Waals surface area contributed by atoms with Crippen LogP contribution in [0, 0.1) is 6.92 Å². The molecular weight excluding hydrogens is 374 g/mol. The fourth-order valence-electron chi connectivity index (χ4n) is 3.47. The number of hydrazone groups is 1. The Kier molecular flexibility index (Phi) is 7.45. The molecule has 0 bridgehead atoms. The molecular formula is C23H31N7. The first kappa shape index (κ1) is 21.4. The van der Waals surface area contributed by atoms with Gasteiger partial charge in [0.2, 0.25) is 0 Å². The minimum absolute atomic E-state index is 0.451. The van der Waals surface area contributed by atoms with Gasteiger partial charge in [0.1, 0.15) is 11.7 Å².